The summed E-state index contributed by atoms with van der Waals surface area (Å²) in [6.45, 7) is -2.61. The van der Waals surface area contributed by atoms with Crippen LogP contribution in [-0.4, -0.2) is 59.4 Å². The molecule has 0 N–H and O–H groups in total. The molecule has 2 atom stereocenters. The molecule has 5 nitrogen and oxygen atoms in total. The predicted molar refractivity (Wildman–Crippen MR) is 66.0 cm³/mol. The topological polar surface area (TPSA) is 64.4 Å². The molecule has 0 bridgehead atoms. The van der Waals surface area contributed by atoms with Gasteiger partial charge in [-0.25, -0.2) is 8.78 Å². The maximum absolute atomic E-state index is 13.4. The van der Waals surface area contributed by atoms with Crippen LogP contribution < -0.4 is 0 Å². The van der Waals surface area contributed by atoms with Crippen LogP contribution >= 0.6 is 0 Å². The molecule has 0 aliphatic carbocycles. The van der Waals surface area contributed by atoms with E-state index in [4.69, 9.17) is 5.26 Å². The summed E-state index contributed by atoms with van der Waals surface area (Å²) in [7, 11) is 0. The number of hydrogen-bond acceptors (Lipinski definition) is 3. The van der Waals surface area contributed by atoms with Crippen molar-refractivity contribution < 1.29 is 31.5 Å². The van der Waals surface area contributed by atoms with E-state index in [-0.39, 0.29) is 19.4 Å². The number of hydrogen-bond donors (Lipinski definition) is 0. The Kier molecular flexibility index (Phi) is 4.50. The first-order chi connectivity index (χ1) is 10.5. The molecule has 2 amide bonds. The first-order valence-electron chi connectivity index (χ1n) is 6.97. The Morgan fingerprint density at radius 3 is 2.61 bits per heavy atom. The van der Waals surface area contributed by atoms with Gasteiger partial charge in [0.25, 0.3) is 5.92 Å². The summed E-state index contributed by atoms with van der Waals surface area (Å²) in [6, 6.07) is 0.202. The average molecular weight is 339 g/mol. The molecular formula is C13H14F5N3O2. The Hall–Kier alpha value is -1.92. The number of nitrogens with zero attached hydrogens (tertiary/aromatic N) is 3. The molecule has 2 fully saturated rings. The second-order valence-electron chi connectivity index (χ2n) is 5.74. The fourth-order valence-electron chi connectivity index (χ4n) is 2.91. The predicted octanol–water partition coefficient (Wildman–Crippen LogP) is 1.55. The summed E-state index contributed by atoms with van der Waals surface area (Å²) in [4.78, 5) is 25.5. The number of nitriles is 1. The molecule has 2 unspecified atom stereocenters. The molecule has 23 heavy (non-hydrogen) atoms. The van der Waals surface area contributed by atoms with Crippen molar-refractivity contribution in [1.82, 2.24) is 9.80 Å². The molecule has 0 radical (unpaired) electrons. The van der Waals surface area contributed by atoms with Gasteiger partial charge < -0.3 is 9.80 Å². The second-order valence-corrected chi connectivity index (χ2v) is 5.74. The number of likely N-dealkylation sites (tertiary alicyclic amines) is 2. The van der Waals surface area contributed by atoms with Crippen LogP contribution in [0.1, 0.15) is 19.3 Å². The van der Waals surface area contributed by atoms with Gasteiger partial charge in [-0.05, 0) is 12.8 Å². The molecule has 128 valence electrons. The summed E-state index contributed by atoms with van der Waals surface area (Å²) in [5.41, 5.74) is 0. The Morgan fingerprint density at radius 1 is 1.39 bits per heavy atom. The van der Waals surface area contributed by atoms with Gasteiger partial charge in [-0.2, -0.15) is 18.4 Å². The molecule has 2 saturated heterocycles. The number of alkyl halides is 5. The lowest BCUT2D eigenvalue weighted by Gasteiger charge is -2.34. The third-order valence-electron chi connectivity index (χ3n) is 3.90. The SMILES string of the molecule is N#CC1CC(F)(F)CN1C(=O)C1CCCN(CC(F)(F)F)C1=O. The molecule has 0 aromatic heterocycles. The summed E-state index contributed by atoms with van der Waals surface area (Å²) in [6.07, 6.45) is -5.27. The molecular weight excluding hydrogens is 325 g/mol. The van der Waals surface area contributed by atoms with Crippen molar-refractivity contribution in [2.24, 2.45) is 5.92 Å². The number of amides is 2. The van der Waals surface area contributed by atoms with Crippen LogP contribution in [0.15, 0.2) is 0 Å². The third-order valence-corrected chi connectivity index (χ3v) is 3.90. The Balaban J connectivity index is 2.13. The van der Waals surface area contributed by atoms with Gasteiger partial charge in [-0.15, -0.1) is 0 Å². The Morgan fingerprint density at radius 2 is 2.04 bits per heavy atom. The maximum atomic E-state index is 13.4. The highest BCUT2D eigenvalue weighted by Gasteiger charge is 2.50. The summed E-state index contributed by atoms with van der Waals surface area (Å²) in [5.74, 6) is -6.69. The first-order valence-corrected chi connectivity index (χ1v) is 6.97. The zero-order valence-electron chi connectivity index (χ0n) is 11.9. The van der Waals surface area contributed by atoms with Crippen LogP contribution in [0.5, 0.6) is 0 Å². The van der Waals surface area contributed by atoms with Crippen molar-refractivity contribution in [2.75, 3.05) is 19.6 Å². The van der Waals surface area contributed by atoms with Crippen LogP contribution in [0.25, 0.3) is 0 Å². The van der Waals surface area contributed by atoms with Gasteiger partial charge in [0.2, 0.25) is 11.8 Å². The largest absolute Gasteiger partial charge is 0.406 e. The normalized spacial score (nSPS) is 27.9. The maximum Gasteiger partial charge on any atom is 0.406 e. The Bertz CT molecular complexity index is 543. The molecule has 0 aromatic carbocycles. The minimum Gasteiger partial charge on any atom is -0.333 e. The molecule has 2 heterocycles. The fraction of sp³-hybridized carbons (Fsp3) is 0.769. The van der Waals surface area contributed by atoms with Gasteiger partial charge in [-0.3, -0.25) is 9.59 Å². The van der Waals surface area contributed by atoms with Gasteiger partial charge in [0.05, 0.1) is 12.6 Å². The molecule has 2 aliphatic heterocycles. The number of piperidine rings is 1. The van der Waals surface area contributed by atoms with Crippen molar-refractivity contribution in [2.45, 2.75) is 37.4 Å². The van der Waals surface area contributed by atoms with Gasteiger partial charge in [-0.1, -0.05) is 0 Å². The highest BCUT2D eigenvalue weighted by Crippen LogP contribution is 2.34. The van der Waals surface area contributed by atoms with E-state index in [1.807, 2.05) is 0 Å². The quantitative estimate of drug-likeness (QED) is 0.566. The minimum absolute atomic E-state index is 0.00769. The first kappa shape index (κ1) is 17.4. The van der Waals surface area contributed by atoms with Crippen LogP contribution in [0.2, 0.25) is 0 Å². The minimum atomic E-state index is -4.60. The van der Waals surface area contributed by atoms with Crippen molar-refractivity contribution in [3.8, 4) is 6.07 Å². The van der Waals surface area contributed by atoms with E-state index in [1.54, 1.807) is 6.07 Å². The summed E-state index contributed by atoms with van der Waals surface area (Å²) < 4.78 is 64.0. The molecule has 2 aliphatic rings. The lowest BCUT2D eigenvalue weighted by Crippen LogP contribution is -2.52. The van der Waals surface area contributed by atoms with Crippen molar-refractivity contribution in [3.05, 3.63) is 0 Å². The third kappa shape index (κ3) is 3.89. The van der Waals surface area contributed by atoms with Crippen molar-refractivity contribution in [3.63, 3.8) is 0 Å². The van der Waals surface area contributed by atoms with Crippen molar-refractivity contribution >= 4 is 11.8 Å². The van der Waals surface area contributed by atoms with Gasteiger partial charge >= 0.3 is 6.18 Å². The zero-order valence-corrected chi connectivity index (χ0v) is 11.9. The number of carbonyl (C=O) groups is 2. The van der Waals surface area contributed by atoms with Crippen LogP contribution in [0.3, 0.4) is 0 Å². The fourth-order valence-corrected chi connectivity index (χ4v) is 2.91. The Labute approximate surface area is 128 Å². The van der Waals surface area contributed by atoms with E-state index in [9.17, 15) is 31.5 Å². The van der Waals surface area contributed by atoms with E-state index in [1.165, 1.54) is 0 Å². The van der Waals surface area contributed by atoms with E-state index < -0.39 is 55.4 Å². The van der Waals surface area contributed by atoms with Crippen LogP contribution in [0, 0.1) is 17.2 Å². The highest BCUT2D eigenvalue weighted by molar-refractivity contribution is 6.01. The number of halogens is 5. The smallest absolute Gasteiger partial charge is 0.333 e. The average Bonchev–Trinajstić information content (AvgIpc) is 2.74. The molecule has 0 saturated carbocycles. The summed E-state index contributed by atoms with van der Waals surface area (Å²) in [5, 5.41) is 8.87. The monoisotopic (exact) mass is 339 g/mol. The number of rotatable bonds is 2. The van der Waals surface area contributed by atoms with Crippen molar-refractivity contribution in [1.29, 1.82) is 5.26 Å². The molecule has 10 heteroatoms. The summed E-state index contributed by atoms with van der Waals surface area (Å²) >= 11 is 0. The van der Waals surface area contributed by atoms with E-state index in [2.05, 4.69) is 0 Å². The number of carbonyl (C=O) groups excluding carboxylic acids is 2. The van der Waals surface area contributed by atoms with Crippen LogP contribution in [0.4, 0.5) is 22.0 Å². The molecule has 0 spiro atoms. The highest BCUT2D eigenvalue weighted by atomic mass is 19.4. The van der Waals surface area contributed by atoms with Gasteiger partial charge in [0.15, 0.2) is 0 Å². The van der Waals surface area contributed by atoms with E-state index >= 15 is 0 Å². The molecule has 0 aromatic rings. The second kappa shape index (κ2) is 5.94. The standard InChI is InChI=1S/C13H14F5N3O2/c14-12(15)4-8(5-19)21(6-12)11(23)9-2-1-3-20(10(9)22)7-13(16,17)18/h8-9H,1-4,6-7H2. The van der Waals surface area contributed by atoms with E-state index in [0.29, 0.717) is 9.80 Å². The zero-order chi connectivity index (χ0) is 17.4. The lowest BCUT2D eigenvalue weighted by molar-refractivity contribution is -0.170. The van der Waals surface area contributed by atoms with Crippen LogP contribution in [-0.2, 0) is 9.59 Å². The van der Waals surface area contributed by atoms with E-state index in [0.717, 1.165) is 0 Å². The molecule has 2 rings (SSSR count). The van der Waals surface area contributed by atoms with Gasteiger partial charge in [0.1, 0.15) is 18.5 Å². The van der Waals surface area contributed by atoms with Gasteiger partial charge in [0, 0.05) is 13.0 Å². The lowest BCUT2D eigenvalue weighted by atomic mass is 9.95.